The third kappa shape index (κ3) is 3.21. The zero-order valence-corrected chi connectivity index (χ0v) is 8.48. The van der Waals surface area contributed by atoms with Gasteiger partial charge in [-0.05, 0) is 0 Å². The molecule has 1 aromatic rings. The summed E-state index contributed by atoms with van der Waals surface area (Å²) in [5.74, 6) is -1.04. The molecule has 0 aliphatic carbocycles. The molecule has 0 spiro atoms. The largest absolute Gasteiger partial charge is 0.361 e. The Morgan fingerprint density at radius 1 is 1.40 bits per heavy atom. The first kappa shape index (κ1) is 11.5. The number of hydrogen-bond donors (Lipinski definition) is 1. The molecule has 1 atom stereocenters. The van der Waals surface area contributed by atoms with Gasteiger partial charge in [-0.25, -0.2) is 4.21 Å². The van der Waals surface area contributed by atoms with Crippen molar-refractivity contribution in [2.24, 2.45) is 0 Å². The third-order valence-corrected chi connectivity index (χ3v) is 2.20. The Labute approximate surface area is 88.6 Å². The van der Waals surface area contributed by atoms with E-state index >= 15 is 0 Å². The predicted molar refractivity (Wildman–Crippen MR) is 55.0 cm³/mol. The van der Waals surface area contributed by atoms with Crippen molar-refractivity contribution in [2.75, 3.05) is 5.75 Å². The second-order valence-corrected chi connectivity index (χ2v) is 3.64. The lowest BCUT2D eigenvalue weighted by molar-refractivity contribution is -0.00650. The maximum absolute atomic E-state index is 11.6. The van der Waals surface area contributed by atoms with E-state index in [1.165, 1.54) is 12.1 Å². The van der Waals surface area contributed by atoms with E-state index in [4.69, 9.17) is 10.1 Å². The topological polar surface area (TPSA) is 90.8 Å². The summed E-state index contributed by atoms with van der Waals surface area (Å²) >= 11 is -2.20. The van der Waals surface area contributed by atoms with Crippen molar-refractivity contribution in [1.82, 2.24) is 0 Å². The molecule has 0 bridgehead atoms. The lowest BCUT2D eigenvalue weighted by Gasteiger charge is -1.94. The highest BCUT2D eigenvalue weighted by molar-refractivity contribution is 7.80. The van der Waals surface area contributed by atoms with Crippen LogP contribution in [-0.2, 0) is 11.1 Å². The predicted octanol–water partition coefficient (Wildman–Crippen LogP) is 0.762. The van der Waals surface area contributed by atoms with Crippen LogP contribution in [0.25, 0.3) is 5.53 Å². The Bertz CT molecular complexity index is 438. The van der Waals surface area contributed by atoms with Crippen LogP contribution in [0.3, 0.4) is 0 Å². The Balaban J connectivity index is 2.94. The van der Waals surface area contributed by atoms with Crippen molar-refractivity contribution in [3.05, 3.63) is 41.4 Å². The van der Waals surface area contributed by atoms with Crippen molar-refractivity contribution < 1.29 is 18.3 Å². The van der Waals surface area contributed by atoms with E-state index in [0.29, 0.717) is 5.56 Å². The minimum absolute atomic E-state index is 0.316. The number of rotatable bonds is 4. The van der Waals surface area contributed by atoms with Gasteiger partial charge in [-0.15, -0.1) is 0 Å². The van der Waals surface area contributed by atoms with Gasteiger partial charge in [0, 0.05) is 5.56 Å². The van der Waals surface area contributed by atoms with E-state index in [2.05, 4.69) is 4.79 Å². The van der Waals surface area contributed by atoms with Crippen LogP contribution in [0.2, 0.25) is 0 Å². The maximum atomic E-state index is 11.6. The SMILES string of the molecule is [N-]=[N+]=C(CS(=O)O)C(=O)c1ccccc1. The molecular weight excluding hydrogens is 216 g/mol. The number of ketones is 1. The first-order valence-corrected chi connectivity index (χ1v) is 5.31. The molecular formula is C9H8N2O3S. The zero-order valence-electron chi connectivity index (χ0n) is 7.66. The average Bonchev–Trinajstić information content (AvgIpc) is 2.26. The molecule has 78 valence electrons. The molecule has 0 aliphatic heterocycles. The van der Waals surface area contributed by atoms with E-state index in [-0.39, 0.29) is 5.71 Å². The van der Waals surface area contributed by atoms with Gasteiger partial charge in [0.15, 0.2) is 16.8 Å². The number of carbonyl (C=O) groups excluding carboxylic acids is 1. The normalized spacial score (nSPS) is 11.5. The van der Waals surface area contributed by atoms with Crippen molar-refractivity contribution in [2.45, 2.75) is 0 Å². The number of nitrogens with zero attached hydrogens (tertiary/aromatic N) is 2. The van der Waals surface area contributed by atoms with Crippen LogP contribution in [-0.4, -0.2) is 30.8 Å². The highest BCUT2D eigenvalue weighted by Crippen LogP contribution is 2.01. The van der Waals surface area contributed by atoms with E-state index in [0.717, 1.165) is 0 Å². The molecule has 0 saturated heterocycles. The Morgan fingerprint density at radius 2 is 2.00 bits per heavy atom. The summed E-state index contributed by atoms with van der Waals surface area (Å²) < 4.78 is 19.0. The smallest absolute Gasteiger partial charge is 0.354 e. The van der Waals surface area contributed by atoms with E-state index in [1.807, 2.05) is 0 Å². The quantitative estimate of drug-likeness (QED) is 0.269. The van der Waals surface area contributed by atoms with Gasteiger partial charge in [0.1, 0.15) is 0 Å². The fourth-order valence-corrected chi connectivity index (χ4v) is 1.44. The van der Waals surface area contributed by atoms with E-state index in [9.17, 15) is 9.00 Å². The number of carbonyl (C=O) groups is 1. The summed E-state index contributed by atoms with van der Waals surface area (Å²) in [5, 5.41) is 0. The van der Waals surface area contributed by atoms with Crippen molar-refractivity contribution >= 4 is 22.6 Å². The van der Waals surface area contributed by atoms with Gasteiger partial charge in [-0.2, -0.15) is 4.79 Å². The Hall–Kier alpha value is -1.62. The van der Waals surface area contributed by atoms with Crippen LogP contribution in [0.15, 0.2) is 30.3 Å². The molecule has 5 nitrogen and oxygen atoms in total. The van der Waals surface area contributed by atoms with Gasteiger partial charge in [-0.3, -0.25) is 4.79 Å². The highest BCUT2D eigenvalue weighted by atomic mass is 32.2. The summed E-state index contributed by atoms with van der Waals surface area (Å²) in [6, 6.07) is 8.11. The lowest BCUT2D eigenvalue weighted by atomic mass is 10.1. The number of hydrogen-bond acceptors (Lipinski definition) is 2. The molecule has 1 rings (SSSR count). The second-order valence-electron chi connectivity index (χ2n) is 2.71. The van der Waals surface area contributed by atoms with Gasteiger partial charge in [0.2, 0.25) is 0 Å². The maximum Gasteiger partial charge on any atom is 0.354 e. The van der Waals surface area contributed by atoms with Gasteiger partial charge in [-0.1, -0.05) is 30.3 Å². The monoisotopic (exact) mass is 224 g/mol. The van der Waals surface area contributed by atoms with Crippen molar-refractivity contribution in [3.8, 4) is 0 Å². The first-order chi connectivity index (χ1) is 7.15. The van der Waals surface area contributed by atoms with Crippen molar-refractivity contribution in [1.29, 1.82) is 0 Å². The molecule has 1 unspecified atom stereocenters. The average molecular weight is 224 g/mol. The lowest BCUT2D eigenvalue weighted by Crippen LogP contribution is -2.22. The molecule has 0 radical (unpaired) electrons. The molecule has 15 heavy (non-hydrogen) atoms. The Morgan fingerprint density at radius 3 is 2.47 bits per heavy atom. The summed E-state index contributed by atoms with van der Waals surface area (Å²) in [4.78, 5) is 14.3. The zero-order chi connectivity index (χ0) is 11.3. The summed E-state index contributed by atoms with van der Waals surface area (Å²) in [7, 11) is 0. The molecule has 0 heterocycles. The summed E-state index contributed by atoms with van der Waals surface area (Å²) in [5.41, 5.74) is 8.51. The second kappa shape index (κ2) is 5.31. The van der Waals surface area contributed by atoms with Gasteiger partial charge >= 0.3 is 5.71 Å². The summed E-state index contributed by atoms with van der Waals surface area (Å²) in [6.07, 6.45) is 0. The van der Waals surface area contributed by atoms with Crippen LogP contribution >= 0.6 is 0 Å². The van der Waals surface area contributed by atoms with Gasteiger partial charge in [0.25, 0.3) is 5.78 Å². The highest BCUT2D eigenvalue weighted by Gasteiger charge is 2.23. The number of benzene rings is 1. The fourth-order valence-electron chi connectivity index (χ4n) is 1.01. The van der Waals surface area contributed by atoms with Crippen molar-refractivity contribution in [3.63, 3.8) is 0 Å². The molecule has 0 aliphatic rings. The minimum atomic E-state index is -2.20. The van der Waals surface area contributed by atoms with Crippen LogP contribution in [0.4, 0.5) is 0 Å². The number of Topliss-reactive ketones (excluding diaryl/α,β-unsaturated/α-hetero) is 1. The molecule has 1 aromatic carbocycles. The Kier molecular flexibility index (Phi) is 4.05. The molecule has 0 fully saturated rings. The van der Waals surface area contributed by atoms with E-state index in [1.54, 1.807) is 18.2 Å². The molecule has 6 heteroatoms. The molecule has 1 N–H and O–H groups in total. The summed E-state index contributed by atoms with van der Waals surface area (Å²) in [6.45, 7) is 0. The first-order valence-electron chi connectivity index (χ1n) is 4.03. The minimum Gasteiger partial charge on any atom is -0.361 e. The molecule has 0 aromatic heterocycles. The molecule has 0 saturated carbocycles. The van der Waals surface area contributed by atoms with Crippen LogP contribution < -0.4 is 0 Å². The molecule has 0 amide bonds. The van der Waals surface area contributed by atoms with Crippen LogP contribution in [0, 0.1) is 0 Å². The van der Waals surface area contributed by atoms with Gasteiger partial charge in [0.05, 0.1) is 0 Å². The van der Waals surface area contributed by atoms with Gasteiger partial charge < -0.3 is 10.1 Å². The standard InChI is InChI=1S/C9H8N2O3S/c10-11-8(6-15(13)14)9(12)7-4-2-1-3-5-7/h1-5H,6H2,(H,13,14). The van der Waals surface area contributed by atoms with E-state index < -0.39 is 22.6 Å². The van der Waals surface area contributed by atoms with Crippen LogP contribution in [0.1, 0.15) is 10.4 Å². The third-order valence-electron chi connectivity index (χ3n) is 1.68. The fraction of sp³-hybridized carbons (Fsp3) is 0.111. The van der Waals surface area contributed by atoms with Crippen LogP contribution in [0.5, 0.6) is 0 Å².